The van der Waals surface area contributed by atoms with Gasteiger partial charge < -0.3 is 9.73 Å². The van der Waals surface area contributed by atoms with E-state index in [9.17, 15) is 9.59 Å². The Morgan fingerprint density at radius 3 is 2.75 bits per heavy atom. The molecule has 1 aliphatic rings. The fraction of sp³-hybridized carbons (Fsp3) is 0.238. The van der Waals surface area contributed by atoms with Gasteiger partial charge in [0.2, 0.25) is 0 Å². The number of nitrogens with zero attached hydrogens (tertiary/aromatic N) is 2. The van der Waals surface area contributed by atoms with Gasteiger partial charge in [0.15, 0.2) is 11.1 Å². The van der Waals surface area contributed by atoms with Gasteiger partial charge >= 0.3 is 6.03 Å². The lowest BCUT2D eigenvalue weighted by Crippen LogP contribution is -2.40. The molecule has 1 saturated heterocycles. The number of rotatable bonds is 5. The summed E-state index contributed by atoms with van der Waals surface area (Å²) in [6.45, 7) is 5.44. The second-order valence-corrected chi connectivity index (χ2v) is 6.48. The number of hydrogen-bond donors (Lipinski definition) is 2. The van der Waals surface area contributed by atoms with Crippen LogP contribution in [0.2, 0.25) is 0 Å². The number of urea groups is 1. The Kier molecular flexibility index (Phi) is 5.14. The largest absolute Gasteiger partial charge is 0.456 e. The third kappa shape index (κ3) is 3.45. The van der Waals surface area contributed by atoms with Crippen LogP contribution < -0.4 is 10.6 Å². The second kappa shape index (κ2) is 7.53. The number of nitriles is 1. The fourth-order valence-electron chi connectivity index (χ4n) is 2.93. The lowest BCUT2D eigenvalue weighted by Gasteiger charge is -2.16. The molecule has 3 amide bonds. The topological polar surface area (TPSA) is 108 Å². The fourth-order valence-corrected chi connectivity index (χ4v) is 2.93. The van der Waals surface area contributed by atoms with Gasteiger partial charge in [-0.25, -0.2) is 9.78 Å². The van der Waals surface area contributed by atoms with Crippen LogP contribution >= 0.6 is 0 Å². The van der Waals surface area contributed by atoms with Crippen LogP contribution in [0.25, 0.3) is 16.7 Å². The summed E-state index contributed by atoms with van der Waals surface area (Å²) in [5, 5.41) is 13.9. The summed E-state index contributed by atoms with van der Waals surface area (Å²) in [7, 11) is 0. The molecule has 2 aromatic rings. The van der Waals surface area contributed by atoms with Crippen molar-refractivity contribution in [2.24, 2.45) is 0 Å². The molecule has 0 aliphatic carbocycles. The van der Waals surface area contributed by atoms with Crippen LogP contribution in [-0.2, 0) is 10.3 Å². The number of nitrogens with one attached hydrogen (secondary N) is 2. The predicted molar refractivity (Wildman–Crippen MR) is 105 cm³/mol. The van der Waals surface area contributed by atoms with Crippen molar-refractivity contribution in [2.75, 3.05) is 0 Å². The molecule has 0 aromatic carbocycles. The number of fused-ring (bicyclic) bond motifs is 1. The maximum absolute atomic E-state index is 12.1. The van der Waals surface area contributed by atoms with E-state index in [2.05, 4.69) is 21.7 Å². The van der Waals surface area contributed by atoms with Gasteiger partial charge in [0, 0.05) is 11.6 Å². The molecule has 1 atom stereocenters. The van der Waals surface area contributed by atoms with Crippen molar-refractivity contribution in [3.8, 4) is 6.07 Å². The Morgan fingerprint density at radius 1 is 1.36 bits per heavy atom. The Balaban J connectivity index is 1.95. The van der Waals surface area contributed by atoms with Gasteiger partial charge in [-0.05, 0) is 44.1 Å². The number of aromatic nitrogens is 1. The van der Waals surface area contributed by atoms with Crippen molar-refractivity contribution in [1.29, 1.82) is 5.26 Å². The van der Waals surface area contributed by atoms with E-state index in [1.54, 1.807) is 31.2 Å². The number of carbonyl (C=O) groups is 2. The van der Waals surface area contributed by atoms with Crippen molar-refractivity contribution in [1.82, 2.24) is 15.6 Å². The molecule has 0 bridgehead atoms. The summed E-state index contributed by atoms with van der Waals surface area (Å²) in [4.78, 5) is 28.2. The molecule has 0 radical (unpaired) electrons. The van der Waals surface area contributed by atoms with Crippen molar-refractivity contribution in [3.05, 3.63) is 59.5 Å². The highest BCUT2D eigenvalue weighted by Gasteiger charge is 2.46. The first-order valence-electron chi connectivity index (χ1n) is 8.91. The van der Waals surface area contributed by atoms with Gasteiger partial charge in [0.25, 0.3) is 5.91 Å². The van der Waals surface area contributed by atoms with Crippen LogP contribution in [-0.4, -0.2) is 16.9 Å². The number of hydrogen-bond acceptors (Lipinski definition) is 5. The maximum Gasteiger partial charge on any atom is 0.322 e. The molecule has 0 spiro atoms. The van der Waals surface area contributed by atoms with E-state index in [4.69, 9.17) is 9.68 Å². The summed E-state index contributed by atoms with van der Waals surface area (Å²) in [6, 6.07) is 6.82. The summed E-state index contributed by atoms with van der Waals surface area (Å²) < 4.78 is 5.76. The van der Waals surface area contributed by atoms with E-state index < -0.39 is 17.5 Å². The smallest absolute Gasteiger partial charge is 0.322 e. The van der Waals surface area contributed by atoms with Crippen molar-refractivity contribution in [3.63, 3.8) is 0 Å². The number of imide groups is 1. The number of allylic oxidation sites excluding steroid dienone is 6. The Labute approximate surface area is 162 Å². The quantitative estimate of drug-likeness (QED) is 0.470. The minimum Gasteiger partial charge on any atom is -0.456 e. The van der Waals surface area contributed by atoms with Crippen LogP contribution in [0.5, 0.6) is 0 Å². The highest BCUT2D eigenvalue weighted by Crippen LogP contribution is 2.30. The summed E-state index contributed by atoms with van der Waals surface area (Å²) in [6.07, 6.45) is 8.13. The highest BCUT2D eigenvalue weighted by molar-refractivity contribution is 6.07. The van der Waals surface area contributed by atoms with Gasteiger partial charge in [-0.3, -0.25) is 10.1 Å². The maximum atomic E-state index is 12.1. The van der Waals surface area contributed by atoms with Gasteiger partial charge in [-0.2, -0.15) is 5.26 Å². The Bertz CT molecular complexity index is 1080. The SMILES string of the molecule is C\C=C(/C=C\C(C#N)=C\CC)c1ccc2oc(C3(C)NC(=O)NC3=O)cc2n1. The lowest BCUT2D eigenvalue weighted by atomic mass is 10.00. The van der Waals surface area contributed by atoms with Gasteiger partial charge in [-0.1, -0.05) is 25.2 Å². The average Bonchev–Trinajstić information content (AvgIpc) is 3.22. The van der Waals surface area contributed by atoms with E-state index >= 15 is 0 Å². The van der Waals surface area contributed by atoms with E-state index in [1.165, 1.54) is 0 Å². The van der Waals surface area contributed by atoms with Crippen LogP contribution in [0.4, 0.5) is 4.79 Å². The number of amides is 3. The number of furan rings is 1. The lowest BCUT2D eigenvalue weighted by molar-refractivity contribution is -0.124. The van der Waals surface area contributed by atoms with E-state index in [0.717, 1.165) is 12.0 Å². The van der Waals surface area contributed by atoms with Crippen LogP contribution in [0.3, 0.4) is 0 Å². The van der Waals surface area contributed by atoms with E-state index in [-0.39, 0.29) is 0 Å². The average molecular weight is 376 g/mol. The second-order valence-electron chi connectivity index (χ2n) is 6.48. The molecule has 1 fully saturated rings. The standard InChI is InChI=1S/C21H20N4O3/c1-4-6-13(12-22)7-8-14(5-2)15-9-10-17-16(23-15)11-18(28-17)21(3)19(26)24-20(27)25-21/h5-11H,4H2,1-3H3,(H2,24,25,26,27)/b8-7-,13-6-,14-5+. The molecule has 142 valence electrons. The molecule has 28 heavy (non-hydrogen) atoms. The van der Waals surface area contributed by atoms with Crippen molar-refractivity contribution in [2.45, 2.75) is 32.7 Å². The van der Waals surface area contributed by atoms with E-state index in [0.29, 0.717) is 28.1 Å². The molecule has 3 heterocycles. The third-order valence-electron chi connectivity index (χ3n) is 4.51. The predicted octanol–water partition coefficient (Wildman–Crippen LogP) is 3.70. The minimum atomic E-state index is -1.27. The molecule has 1 unspecified atom stereocenters. The van der Waals surface area contributed by atoms with E-state index in [1.807, 2.05) is 32.1 Å². The first-order valence-corrected chi connectivity index (χ1v) is 8.91. The zero-order valence-corrected chi connectivity index (χ0v) is 15.9. The molecular formula is C21H20N4O3. The number of carbonyl (C=O) groups excluding carboxylic acids is 2. The molecule has 1 aliphatic heterocycles. The molecular weight excluding hydrogens is 356 g/mol. The zero-order chi connectivity index (χ0) is 20.3. The molecule has 7 nitrogen and oxygen atoms in total. The van der Waals surface area contributed by atoms with Crippen molar-refractivity contribution < 1.29 is 14.0 Å². The highest BCUT2D eigenvalue weighted by atomic mass is 16.3. The number of pyridine rings is 1. The molecule has 0 saturated carbocycles. The molecule has 2 N–H and O–H groups in total. The van der Waals surface area contributed by atoms with Crippen molar-refractivity contribution >= 4 is 28.6 Å². The van der Waals surface area contributed by atoms with Crippen LogP contribution in [0.1, 0.15) is 38.6 Å². The van der Waals surface area contributed by atoms with Gasteiger partial charge in [0.1, 0.15) is 11.3 Å². The summed E-state index contributed by atoms with van der Waals surface area (Å²) in [5.41, 5.74) is 1.95. The van der Waals surface area contributed by atoms with Crippen LogP contribution in [0, 0.1) is 11.3 Å². The Morgan fingerprint density at radius 2 is 2.14 bits per heavy atom. The first kappa shape index (κ1) is 19.1. The van der Waals surface area contributed by atoms with Gasteiger partial charge in [0.05, 0.1) is 11.8 Å². The van der Waals surface area contributed by atoms with Crippen LogP contribution in [0.15, 0.2) is 52.5 Å². The molecule has 7 heteroatoms. The zero-order valence-electron chi connectivity index (χ0n) is 15.9. The first-order chi connectivity index (χ1) is 13.4. The molecule has 2 aromatic heterocycles. The third-order valence-corrected chi connectivity index (χ3v) is 4.51. The normalized spacial score (nSPS) is 20.5. The minimum absolute atomic E-state index is 0.311. The van der Waals surface area contributed by atoms with Gasteiger partial charge in [-0.15, -0.1) is 0 Å². The summed E-state index contributed by atoms with van der Waals surface area (Å²) >= 11 is 0. The Hall–Kier alpha value is -3.66. The monoisotopic (exact) mass is 376 g/mol. The summed E-state index contributed by atoms with van der Waals surface area (Å²) in [5.74, 6) is -0.161. The molecule has 3 rings (SSSR count).